The normalized spacial score (nSPS) is 21.3. The Morgan fingerprint density at radius 2 is 1.75 bits per heavy atom. The zero-order valence-corrected chi connectivity index (χ0v) is 12.9. The monoisotopic (exact) mass is 337 g/mol. The third-order valence-electron chi connectivity index (χ3n) is 4.44. The van der Waals surface area contributed by atoms with E-state index >= 15 is 0 Å². The second-order valence-electron chi connectivity index (χ2n) is 5.98. The Hall–Kier alpha value is -2.51. The Morgan fingerprint density at radius 1 is 1.12 bits per heavy atom. The molecule has 2 aliphatic rings. The Balaban J connectivity index is 1.72. The molecular weight excluding hydrogens is 320 g/mol. The molecule has 2 heterocycles. The van der Waals surface area contributed by atoms with E-state index in [2.05, 4.69) is 5.10 Å². The van der Waals surface area contributed by atoms with Crippen LogP contribution in [0.15, 0.2) is 23.3 Å². The van der Waals surface area contributed by atoms with E-state index in [-0.39, 0.29) is 11.8 Å². The molecule has 0 spiro atoms. The van der Waals surface area contributed by atoms with Gasteiger partial charge in [-0.15, -0.1) is 0 Å². The van der Waals surface area contributed by atoms with Gasteiger partial charge in [0.05, 0.1) is 6.04 Å². The summed E-state index contributed by atoms with van der Waals surface area (Å²) in [6, 6.07) is 2.67. The lowest BCUT2D eigenvalue weighted by Crippen LogP contribution is -2.42. The van der Waals surface area contributed by atoms with Crippen LogP contribution in [0, 0.1) is 17.6 Å². The van der Waals surface area contributed by atoms with Crippen LogP contribution in [0.1, 0.15) is 30.9 Å². The highest BCUT2D eigenvalue weighted by Crippen LogP contribution is 2.32. The van der Waals surface area contributed by atoms with Crippen LogP contribution in [0.5, 0.6) is 0 Å². The third kappa shape index (κ3) is 3.22. The lowest BCUT2D eigenvalue weighted by atomic mass is 9.94. The largest absolute Gasteiger partial charge is 0.465 e. The summed E-state index contributed by atoms with van der Waals surface area (Å²) in [5.74, 6) is -1.96. The van der Waals surface area contributed by atoms with E-state index in [0.29, 0.717) is 37.9 Å². The minimum atomic E-state index is -0.992. The molecule has 0 saturated carbocycles. The van der Waals surface area contributed by atoms with Gasteiger partial charge < -0.3 is 10.0 Å². The van der Waals surface area contributed by atoms with E-state index in [9.17, 15) is 18.4 Å². The average Bonchev–Trinajstić information content (AvgIpc) is 3.03. The number of carbonyl (C=O) groups is 2. The minimum Gasteiger partial charge on any atom is -0.465 e. The zero-order chi connectivity index (χ0) is 17.3. The van der Waals surface area contributed by atoms with Crippen LogP contribution in [0.3, 0.4) is 0 Å². The second-order valence-corrected chi connectivity index (χ2v) is 5.98. The average molecular weight is 337 g/mol. The van der Waals surface area contributed by atoms with Gasteiger partial charge in [0.2, 0.25) is 5.91 Å². The molecule has 128 valence electrons. The molecule has 3 rings (SSSR count). The van der Waals surface area contributed by atoms with Crippen molar-refractivity contribution in [1.29, 1.82) is 0 Å². The van der Waals surface area contributed by atoms with Crippen molar-refractivity contribution < 1.29 is 23.5 Å². The van der Waals surface area contributed by atoms with Gasteiger partial charge in [-0.25, -0.2) is 18.6 Å². The summed E-state index contributed by atoms with van der Waals surface area (Å²) in [7, 11) is 0. The fraction of sp³-hybridized carbons (Fsp3) is 0.438. The van der Waals surface area contributed by atoms with Crippen LogP contribution in [-0.4, -0.2) is 46.3 Å². The van der Waals surface area contributed by atoms with Crippen LogP contribution < -0.4 is 0 Å². The first-order valence-corrected chi connectivity index (χ1v) is 7.75. The molecule has 1 aromatic rings. The van der Waals surface area contributed by atoms with Crippen molar-refractivity contribution in [3.05, 3.63) is 35.4 Å². The number of nitrogens with zero attached hydrogens (tertiary/aromatic N) is 3. The zero-order valence-electron chi connectivity index (χ0n) is 12.9. The number of halogens is 2. The molecule has 1 fully saturated rings. The van der Waals surface area contributed by atoms with E-state index in [1.165, 1.54) is 22.0 Å². The van der Waals surface area contributed by atoms with Gasteiger partial charge in [-0.05, 0) is 30.5 Å². The molecule has 6 nitrogen and oxygen atoms in total. The fourth-order valence-electron chi connectivity index (χ4n) is 3.18. The van der Waals surface area contributed by atoms with Gasteiger partial charge in [-0.3, -0.25) is 4.79 Å². The summed E-state index contributed by atoms with van der Waals surface area (Å²) in [4.78, 5) is 24.9. The first kappa shape index (κ1) is 16.4. The second kappa shape index (κ2) is 6.54. The number of hydrogen-bond acceptors (Lipinski definition) is 3. The van der Waals surface area contributed by atoms with Gasteiger partial charge in [-0.2, -0.15) is 5.10 Å². The van der Waals surface area contributed by atoms with Gasteiger partial charge in [-0.1, -0.05) is 0 Å². The van der Waals surface area contributed by atoms with Gasteiger partial charge in [0, 0.05) is 37.7 Å². The molecule has 0 radical (unpaired) electrons. The Labute approximate surface area is 137 Å². The molecule has 8 heteroatoms. The molecule has 1 saturated heterocycles. The van der Waals surface area contributed by atoms with Crippen LogP contribution in [-0.2, 0) is 4.79 Å². The highest BCUT2D eigenvalue weighted by Gasteiger charge is 2.35. The molecule has 0 aromatic heterocycles. The summed E-state index contributed by atoms with van der Waals surface area (Å²) in [5.41, 5.74) is 0.362. The number of likely N-dealkylation sites (tertiary alicyclic amines) is 1. The van der Waals surface area contributed by atoms with Crippen molar-refractivity contribution in [3.63, 3.8) is 0 Å². The quantitative estimate of drug-likeness (QED) is 0.901. The highest BCUT2D eigenvalue weighted by atomic mass is 19.1. The van der Waals surface area contributed by atoms with Crippen molar-refractivity contribution in [2.75, 3.05) is 13.1 Å². The maximum absolute atomic E-state index is 13.4. The van der Waals surface area contributed by atoms with Crippen LogP contribution in [0.2, 0.25) is 0 Å². The maximum atomic E-state index is 13.4. The molecule has 24 heavy (non-hydrogen) atoms. The van der Waals surface area contributed by atoms with Gasteiger partial charge in [0.15, 0.2) is 0 Å². The summed E-state index contributed by atoms with van der Waals surface area (Å²) in [6.07, 6.45) is 1.79. The number of amides is 2. The summed E-state index contributed by atoms with van der Waals surface area (Å²) < 4.78 is 26.9. The predicted octanol–water partition coefficient (Wildman–Crippen LogP) is 2.61. The van der Waals surface area contributed by atoms with Crippen molar-refractivity contribution in [2.24, 2.45) is 11.0 Å². The Bertz CT molecular complexity index is 667. The lowest BCUT2D eigenvalue weighted by Gasteiger charge is -2.32. The van der Waals surface area contributed by atoms with E-state index < -0.39 is 23.8 Å². The molecule has 1 unspecified atom stereocenters. The van der Waals surface area contributed by atoms with E-state index in [0.717, 1.165) is 6.07 Å². The Morgan fingerprint density at radius 3 is 2.33 bits per heavy atom. The van der Waals surface area contributed by atoms with Gasteiger partial charge in [0.25, 0.3) is 0 Å². The molecule has 0 aliphatic carbocycles. The van der Waals surface area contributed by atoms with Gasteiger partial charge in [0.1, 0.15) is 11.6 Å². The molecule has 2 amide bonds. The summed E-state index contributed by atoms with van der Waals surface area (Å²) >= 11 is 0. The van der Waals surface area contributed by atoms with Crippen molar-refractivity contribution >= 4 is 18.2 Å². The fourth-order valence-corrected chi connectivity index (χ4v) is 3.18. The number of hydrogen-bond donors (Lipinski definition) is 1. The van der Waals surface area contributed by atoms with Crippen LogP contribution in [0.4, 0.5) is 13.6 Å². The predicted molar refractivity (Wildman–Crippen MR) is 81.4 cm³/mol. The smallest absolute Gasteiger partial charge is 0.407 e. The third-order valence-corrected chi connectivity index (χ3v) is 4.44. The molecule has 2 aliphatic heterocycles. The molecule has 0 bridgehead atoms. The van der Waals surface area contributed by atoms with E-state index in [1.54, 1.807) is 6.21 Å². The van der Waals surface area contributed by atoms with Crippen molar-refractivity contribution in [1.82, 2.24) is 9.91 Å². The molecule has 1 aromatic carbocycles. The maximum Gasteiger partial charge on any atom is 0.407 e. The first-order valence-electron chi connectivity index (χ1n) is 7.75. The van der Waals surface area contributed by atoms with E-state index in [1.807, 2.05) is 0 Å². The molecule has 1 N–H and O–H groups in total. The number of hydrazone groups is 1. The minimum absolute atomic E-state index is 0.233. The number of piperidine rings is 1. The number of benzene rings is 1. The SMILES string of the molecule is O=C(O)N1CCC(C(=O)N2N=CCC2c2cc(F)cc(F)c2)CC1. The lowest BCUT2D eigenvalue weighted by molar-refractivity contribution is -0.138. The Kier molecular flexibility index (Phi) is 4.46. The van der Waals surface area contributed by atoms with Crippen molar-refractivity contribution in [2.45, 2.75) is 25.3 Å². The van der Waals surface area contributed by atoms with Gasteiger partial charge >= 0.3 is 6.09 Å². The number of rotatable bonds is 2. The molecule has 1 atom stereocenters. The highest BCUT2D eigenvalue weighted by molar-refractivity contribution is 5.82. The van der Waals surface area contributed by atoms with Crippen molar-refractivity contribution in [3.8, 4) is 0 Å². The molecular formula is C16H17F2N3O3. The van der Waals surface area contributed by atoms with Crippen LogP contribution >= 0.6 is 0 Å². The number of carboxylic acid groups (broad SMARTS) is 1. The standard InChI is InChI=1S/C16H17F2N3O3/c17-12-7-11(8-13(18)9-12)14-1-4-19-21(14)15(22)10-2-5-20(6-3-10)16(23)24/h4,7-10,14H,1-3,5-6H2,(H,23,24). The van der Waals surface area contributed by atoms with Crippen LogP contribution in [0.25, 0.3) is 0 Å². The number of carbonyl (C=O) groups excluding carboxylic acids is 1. The summed E-state index contributed by atoms with van der Waals surface area (Å²) in [6.45, 7) is 0.588. The topological polar surface area (TPSA) is 73.2 Å². The summed E-state index contributed by atoms with van der Waals surface area (Å²) in [5, 5.41) is 14.3. The van der Waals surface area contributed by atoms with E-state index in [4.69, 9.17) is 5.11 Å². The first-order chi connectivity index (χ1) is 11.5.